The number of fused-ring (bicyclic) bond motifs is 9. The van der Waals surface area contributed by atoms with Crippen LogP contribution in [-0.2, 0) is 14.3 Å². The van der Waals surface area contributed by atoms with E-state index in [1.54, 1.807) is 0 Å². The summed E-state index contributed by atoms with van der Waals surface area (Å²) in [7, 11) is -1.86. The van der Waals surface area contributed by atoms with Crippen molar-refractivity contribution in [2.45, 2.75) is 142 Å². The molecule has 2 heterocycles. The van der Waals surface area contributed by atoms with Crippen LogP contribution < -0.4 is 5.32 Å². The Morgan fingerprint density at radius 2 is 1.78 bits per heavy atom. The van der Waals surface area contributed by atoms with Crippen LogP contribution in [0.1, 0.15) is 125 Å². The minimum Gasteiger partial charge on any atom is -0.481 e. The summed E-state index contributed by atoms with van der Waals surface area (Å²) < 4.78 is 12.8. The molecule has 2 bridgehead atoms. The molecule has 50 heavy (non-hydrogen) atoms. The molecule has 2 aliphatic heterocycles. The maximum absolute atomic E-state index is 12.8. The summed E-state index contributed by atoms with van der Waals surface area (Å²) in [4.78, 5) is 14.3. The summed E-state index contributed by atoms with van der Waals surface area (Å²) >= 11 is 0. The van der Waals surface area contributed by atoms with Crippen molar-refractivity contribution in [3.8, 4) is 0 Å². The van der Waals surface area contributed by atoms with Crippen LogP contribution in [0.5, 0.6) is 0 Å². The maximum Gasteiger partial charge on any atom is 0.306 e. The van der Waals surface area contributed by atoms with Gasteiger partial charge in [0.1, 0.15) is 0 Å². The Labute approximate surface area is 304 Å². The zero-order valence-electron chi connectivity index (χ0n) is 32.3. The third-order valence-electron chi connectivity index (χ3n) is 18.2. The highest BCUT2D eigenvalue weighted by Gasteiger charge is 2.70. The molecule has 0 aromatic rings. The molecule has 4 saturated carbocycles. The monoisotopic (exact) mass is 704 g/mol. The molecule has 2 N–H and O–H groups in total. The number of aliphatic carboxylic acids is 1. The topological polar surface area (TPSA) is 69.6 Å². The Hall–Kier alpha value is -1.37. The summed E-state index contributed by atoms with van der Waals surface area (Å²) in [6.07, 6.45) is 20.1. The molecule has 0 radical (unpaired) electrons. The van der Waals surface area contributed by atoms with Gasteiger partial charge in [0, 0.05) is 42.2 Å². The van der Waals surface area contributed by atoms with E-state index in [0.29, 0.717) is 46.3 Å². The molecule has 6 heteroatoms. The molecule has 0 aromatic heterocycles. The average molecular weight is 705 g/mol. The van der Waals surface area contributed by atoms with Crippen molar-refractivity contribution in [1.29, 1.82) is 0 Å². The van der Waals surface area contributed by atoms with Crippen LogP contribution in [0.4, 0.5) is 0 Å². The first-order valence-corrected chi connectivity index (χ1v) is 22.5. The average Bonchev–Trinajstić information content (AvgIpc) is 3.72. The summed E-state index contributed by atoms with van der Waals surface area (Å²) in [6, 6.07) is 0.479. The Morgan fingerprint density at radius 1 is 1.00 bits per heavy atom. The fourth-order valence-electron chi connectivity index (χ4n) is 15.5. The molecule has 2 saturated heterocycles. The van der Waals surface area contributed by atoms with E-state index in [1.165, 1.54) is 74.5 Å². The lowest BCUT2D eigenvalue weighted by molar-refractivity contribution is -0.221. The van der Waals surface area contributed by atoms with Crippen molar-refractivity contribution in [1.82, 2.24) is 10.2 Å². The molecule has 0 spiro atoms. The zero-order chi connectivity index (χ0) is 35.6. The van der Waals surface area contributed by atoms with E-state index in [1.807, 2.05) is 0 Å². The molecule has 8 aliphatic rings. The highest BCUT2D eigenvalue weighted by molar-refractivity contribution is 8.01. The summed E-state index contributed by atoms with van der Waals surface area (Å²) in [5, 5.41) is 14.2. The van der Waals surface area contributed by atoms with E-state index in [-0.39, 0.29) is 22.3 Å². The lowest BCUT2D eigenvalue weighted by atomic mass is 9.33. The van der Waals surface area contributed by atoms with Gasteiger partial charge in [0.25, 0.3) is 0 Å². The van der Waals surface area contributed by atoms with Crippen LogP contribution in [-0.4, -0.2) is 68.3 Å². The van der Waals surface area contributed by atoms with Gasteiger partial charge in [-0.25, -0.2) is 0 Å². The molecule has 6 aliphatic carbocycles. The first-order chi connectivity index (χ1) is 23.5. The van der Waals surface area contributed by atoms with E-state index < -0.39 is 15.5 Å². The number of nitrogens with one attached hydrogen (secondary N) is 1. The molecule has 1 unspecified atom stereocenters. The second kappa shape index (κ2) is 11.8. The standard InChI is InChI=1S/C44H68N2O3S/c1-28(2)33-15-20-44(45-23-24-46-26-32-25-31(46)27-50(32,8)49)22-21-42(6)35(38(33)44)13-14-37-41(5)18-16-34(29-9-11-30(12-10-29)39(47)48)40(3,4)36(41)17-19-43(37,42)7/h9,16,30-33,35-38,45H,1,8,10-15,17-27H2,2-7H3,(H,47,48)/t30-,31-,32-,33-,35+,36-,37+,38+,41-,42+,43+,44-,50?/m0/s1. The Kier molecular flexibility index (Phi) is 8.42. The number of carboxylic acids is 1. The van der Waals surface area contributed by atoms with Crippen LogP contribution in [0.3, 0.4) is 0 Å². The van der Waals surface area contributed by atoms with Gasteiger partial charge in [0.05, 0.1) is 5.92 Å². The third-order valence-corrected chi connectivity index (χ3v) is 20.7. The van der Waals surface area contributed by atoms with Crippen molar-refractivity contribution in [3.05, 3.63) is 35.5 Å². The third kappa shape index (κ3) is 4.98. The minimum absolute atomic E-state index is 0.106. The van der Waals surface area contributed by atoms with Crippen molar-refractivity contribution in [3.63, 3.8) is 0 Å². The highest BCUT2D eigenvalue weighted by Crippen LogP contribution is 2.76. The smallest absolute Gasteiger partial charge is 0.306 e. The molecule has 6 fully saturated rings. The number of hydrogen-bond acceptors (Lipinski definition) is 4. The fourth-order valence-corrected chi connectivity index (χ4v) is 17.8. The molecule has 13 atom stereocenters. The molecule has 0 aromatic carbocycles. The summed E-state index contributed by atoms with van der Waals surface area (Å²) in [5.41, 5.74) is 5.65. The molecular weight excluding hydrogens is 637 g/mol. The SMILES string of the molecule is C=C(C)[C@@H]1CC[C@]2(NCCN3C[C@@H]4C[C@H]3CS4(=C)=O)CC[C@]3(C)[C@H](CC[C@@H]4[C@@]5(C)CC=C(C6=CC[C@H](C(=O)O)CC6)C(C)(C)[C@@H]5CC[C@]43C)[C@@H]12. The van der Waals surface area contributed by atoms with Crippen molar-refractivity contribution in [2.75, 3.05) is 25.4 Å². The lowest BCUT2D eigenvalue weighted by Crippen LogP contribution is -2.68. The Morgan fingerprint density at radius 3 is 2.42 bits per heavy atom. The van der Waals surface area contributed by atoms with Gasteiger partial charge >= 0.3 is 5.97 Å². The first-order valence-electron chi connectivity index (χ1n) is 20.6. The number of likely N-dealkylation sites (tertiary alicyclic amines) is 1. The molecule has 278 valence electrons. The quantitative estimate of drug-likeness (QED) is 0.206. The lowest BCUT2D eigenvalue weighted by Gasteiger charge is -2.72. The normalized spacial score (nSPS) is 50.8. The van der Waals surface area contributed by atoms with Gasteiger partial charge in [-0.15, -0.1) is 0 Å². The van der Waals surface area contributed by atoms with Crippen molar-refractivity contribution < 1.29 is 14.1 Å². The van der Waals surface area contributed by atoms with Gasteiger partial charge < -0.3 is 10.4 Å². The van der Waals surface area contributed by atoms with E-state index in [4.69, 9.17) is 0 Å². The summed E-state index contributed by atoms with van der Waals surface area (Å²) in [5.74, 6) is 7.45. The number of nitrogens with zero attached hydrogens (tertiary/aromatic N) is 1. The Balaban J connectivity index is 1.04. The predicted octanol–water partition coefficient (Wildman–Crippen LogP) is 8.51. The Bertz CT molecular complexity index is 1610. The highest BCUT2D eigenvalue weighted by atomic mass is 32.2. The van der Waals surface area contributed by atoms with E-state index in [9.17, 15) is 14.1 Å². The van der Waals surface area contributed by atoms with Gasteiger partial charge in [0.15, 0.2) is 0 Å². The van der Waals surface area contributed by atoms with Gasteiger partial charge in [-0.1, -0.05) is 58.9 Å². The molecule has 5 nitrogen and oxygen atoms in total. The molecule has 0 amide bonds. The fraction of sp³-hybridized carbons (Fsp3) is 0.818. The summed E-state index contributed by atoms with van der Waals surface area (Å²) in [6.45, 7) is 23.3. The zero-order valence-corrected chi connectivity index (χ0v) is 33.1. The second-order valence-electron chi connectivity index (χ2n) is 20.4. The van der Waals surface area contributed by atoms with Crippen molar-refractivity contribution >= 4 is 21.4 Å². The van der Waals surface area contributed by atoms with Crippen LogP contribution >= 0.6 is 0 Å². The maximum atomic E-state index is 12.8. The van der Waals surface area contributed by atoms with Crippen LogP contribution in [0.15, 0.2) is 35.5 Å². The van der Waals surface area contributed by atoms with Gasteiger partial charge in [-0.05, 0) is 168 Å². The van der Waals surface area contributed by atoms with Crippen molar-refractivity contribution in [2.24, 2.45) is 57.2 Å². The number of hydrogen-bond donors (Lipinski definition) is 2. The van der Waals surface area contributed by atoms with E-state index >= 15 is 0 Å². The second-order valence-corrected chi connectivity index (χ2v) is 23.1. The van der Waals surface area contributed by atoms with Gasteiger partial charge in [0.2, 0.25) is 0 Å². The van der Waals surface area contributed by atoms with Crippen LogP contribution in [0.25, 0.3) is 0 Å². The van der Waals surface area contributed by atoms with Crippen LogP contribution in [0, 0.1) is 57.2 Å². The number of carbonyl (C=O) groups is 1. The number of rotatable bonds is 7. The van der Waals surface area contributed by atoms with Gasteiger partial charge in [-0.2, -0.15) is 0 Å². The number of allylic oxidation sites excluding steroid dienone is 5. The van der Waals surface area contributed by atoms with E-state index in [2.05, 4.69) is 76.4 Å². The molecular formula is C44H68N2O3S. The predicted molar refractivity (Wildman–Crippen MR) is 208 cm³/mol. The van der Waals surface area contributed by atoms with Gasteiger partial charge in [-0.3, -0.25) is 13.9 Å². The molecule has 8 rings (SSSR count). The number of carboxylic acid groups (broad SMARTS) is 1. The largest absolute Gasteiger partial charge is 0.481 e. The minimum atomic E-state index is -1.86. The van der Waals surface area contributed by atoms with E-state index in [0.717, 1.165) is 56.5 Å². The van der Waals surface area contributed by atoms with Crippen LogP contribution in [0.2, 0.25) is 0 Å². The first kappa shape index (κ1) is 35.6.